The maximum Gasteiger partial charge on any atom is 0.142 e. The number of nitrogens with two attached hydrogens (primary N) is 1. The molecule has 1 rings (SSSR count). The summed E-state index contributed by atoms with van der Waals surface area (Å²) in [5, 5.41) is 9.17. The van der Waals surface area contributed by atoms with Gasteiger partial charge in [-0.15, -0.1) is 0 Å². The van der Waals surface area contributed by atoms with Crippen LogP contribution in [0, 0.1) is 5.82 Å². The monoisotopic (exact) mass is 233 g/mol. The lowest BCUT2D eigenvalue weighted by Gasteiger charge is -2.08. The van der Waals surface area contributed by atoms with Crippen LogP contribution in [-0.4, -0.2) is 24.4 Å². The molecule has 0 aliphatic heterocycles. The average Bonchev–Trinajstić information content (AvgIpc) is 2.23. The van der Waals surface area contributed by atoms with Gasteiger partial charge in [-0.05, 0) is 17.7 Å². The number of aliphatic hydroxyl groups excluding tert-OH is 1. The zero-order chi connectivity index (χ0) is 11.3. The standard InChI is InChI=1S/C10H13ClFNO2/c11-9-2-1-7(3-10(9)12)5-15-6-8(14)4-13/h1-3,8,14H,4-6,13H2/t8-/m1/s1. The maximum absolute atomic E-state index is 13.0. The van der Waals surface area contributed by atoms with Gasteiger partial charge in [0.1, 0.15) is 5.82 Å². The fourth-order valence-electron chi connectivity index (χ4n) is 1.01. The summed E-state index contributed by atoms with van der Waals surface area (Å²) < 4.78 is 18.1. The molecule has 0 fully saturated rings. The van der Waals surface area contributed by atoms with Crippen LogP contribution in [0.2, 0.25) is 5.02 Å². The van der Waals surface area contributed by atoms with Crippen molar-refractivity contribution < 1.29 is 14.2 Å². The second-order valence-electron chi connectivity index (χ2n) is 3.15. The van der Waals surface area contributed by atoms with E-state index in [0.717, 1.165) is 0 Å². The number of aliphatic hydroxyl groups is 1. The average molecular weight is 234 g/mol. The Kier molecular flexibility index (Phi) is 4.98. The van der Waals surface area contributed by atoms with Crippen LogP contribution < -0.4 is 5.73 Å². The lowest BCUT2D eigenvalue weighted by Crippen LogP contribution is -2.24. The van der Waals surface area contributed by atoms with Crippen molar-refractivity contribution in [2.75, 3.05) is 13.2 Å². The van der Waals surface area contributed by atoms with Crippen molar-refractivity contribution in [1.29, 1.82) is 0 Å². The molecule has 0 aromatic heterocycles. The van der Waals surface area contributed by atoms with E-state index in [4.69, 9.17) is 27.2 Å². The SMILES string of the molecule is NC[C@@H](O)COCc1ccc(Cl)c(F)c1. The second-order valence-corrected chi connectivity index (χ2v) is 3.56. The number of rotatable bonds is 5. The van der Waals surface area contributed by atoms with Crippen molar-refractivity contribution >= 4 is 11.6 Å². The highest BCUT2D eigenvalue weighted by atomic mass is 35.5. The highest BCUT2D eigenvalue weighted by Crippen LogP contribution is 2.15. The summed E-state index contributed by atoms with van der Waals surface area (Å²) in [6, 6.07) is 4.44. The Morgan fingerprint density at radius 1 is 1.53 bits per heavy atom. The van der Waals surface area contributed by atoms with Gasteiger partial charge >= 0.3 is 0 Å². The topological polar surface area (TPSA) is 55.5 Å². The van der Waals surface area contributed by atoms with Crippen molar-refractivity contribution in [3.05, 3.63) is 34.6 Å². The van der Waals surface area contributed by atoms with Crippen LogP contribution in [0.4, 0.5) is 4.39 Å². The minimum absolute atomic E-state index is 0.0840. The molecule has 3 N–H and O–H groups in total. The fourth-order valence-corrected chi connectivity index (χ4v) is 1.13. The van der Waals surface area contributed by atoms with Gasteiger partial charge in [-0.2, -0.15) is 0 Å². The van der Waals surface area contributed by atoms with E-state index in [2.05, 4.69) is 0 Å². The molecule has 84 valence electrons. The van der Waals surface area contributed by atoms with Gasteiger partial charge < -0.3 is 15.6 Å². The van der Waals surface area contributed by atoms with Gasteiger partial charge in [0, 0.05) is 6.54 Å². The third-order valence-electron chi connectivity index (χ3n) is 1.84. The maximum atomic E-state index is 13.0. The molecule has 0 saturated carbocycles. The van der Waals surface area contributed by atoms with E-state index >= 15 is 0 Å². The smallest absolute Gasteiger partial charge is 0.142 e. The van der Waals surface area contributed by atoms with Gasteiger partial charge in [0.2, 0.25) is 0 Å². The van der Waals surface area contributed by atoms with Crippen LogP contribution in [-0.2, 0) is 11.3 Å². The highest BCUT2D eigenvalue weighted by molar-refractivity contribution is 6.30. The number of ether oxygens (including phenoxy) is 1. The summed E-state index contributed by atoms with van der Waals surface area (Å²) in [5.74, 6) is -0.475. The molecule has 1 aromatic rings. The molecule has 0 unspecified atom stereocenters. The molecule has 1 atom stereocenters. The quantitative estimate of drug-likeness (QED) is 0.807. The van der Waals surface area contributed by atoms with E-state index in [1.807, 2.05) is 0 Å². The van der Waals surface area contributed by atoms with Crippen LogP contribution in [0.5, 0.6) is 0 Å². The van der Waals surface area contributed by atoms with Crippen molar-refractivity contribution in [1.82, 2.24) is 0 Å². The van der Waals surface area contributed by atoms with E-state index in [0.29, 0.717) is 5.56 Å². The molecule has 0 amide bonds. The van der Waals surface area contributed by atoms with Crippen LogP contribution in [0.1, 0.15) is 5.56 Å². The summed E-state index contributed by atoms with van der Waals surface area (Å²) in [6.45, 7) is 0.515. The molecule has 15 heavy (non-hydrogen) atoms. The molecule has 1 aromatic carbocycles. The van der Waals surface area contributed by atoms with Crippen LogP contribution in [0.25, 0.3) is 0 Å². The van der Waals surface area contributed by atoms with Crippen LogP contribution >= 0.6 is 11.6 Å². The Morgan fingerprint density at radius 2 is 2.27 bits per heavy atom. The van der Waals surface area contributed by atoms with Gasteiger partial charge in [-0.3, -0.25) is 0 Å². The molecule has 0 spiro atoms. The lowest BCUT2D eigenvalue weighted by atomic mass is 10.2. The van der Waals surface area contributed by atoms with Crippen molar-refractivity contribution in [2.45, 2.75) is 12.7 Å². The highest BCUT2D eigenvalue weighted by Gasteiger charge is 2.03. The summed E-state index contributed by atoms with van der Waals surface area (Å²) >= 11 is 5.52. The van der Waals surface area contributed by atoms with Gasteiger partial charge in [-0.1, -0.05) is 17.7 Å². The molecule has 0 saturated heterocycles. The van der Waals surface area contributed by atoms with Crippen molar-refractivity contribution in [3.8, 4) is 0 Å². The zero-order valence-electron chi connectivity index (χ0n) is 8.12. The summed E-state index contributed by atoms with van der Waals surface area (Å²) in [6.07, 6.45) is -0.679. The molecular formula is C10H13ClFNO2. The largest absolute Gasteiger partial charge is 0.389 e. The predicted molar refractivity (Wildman–Crippen MR) is 56.1 cm³/mol. The Labute approximate surface area is 92.6 Å². The van der Waals surface area contributed by atoms with E-state index in [1.165, 1.54) is 12.1 Å². The molecule has 0 heterocycles. The summed E-state index contributed by atoms with van der Waals surface area (Å²) in [4.78, 5) is 0. The fraction of sp³-hybridized carbons (Fsp3) is 0.400. The van der Waals surface area contributed by atoms with Gasteiger partial charge in [0.15, 0.2) is 0 Å². The first-order valence-corrected chi connectivity index (χ1v) is 4.91. The molecule has 5 heteroatoms. The Bertz CT molecular complexity index is 322. The molecule has 0 bridgehead atoms. The third kappa shape index (κ3) is 4.13. The molecule has 0 aliphatic carbocycles. The number of hydrogen-bond acceptors (Lipinski definition) is 3. The number of hydrogen-bond donors (Lipinski definition) is 2. The summed E-state index contributed by atoms with van der Waals surface area (Å²) in [5.41, 5.74) is 5.86. The minimum Gasteiger partial charge on any atom is -0.389 e. The minimum atomic E-state index is -0.679. The first-order chi connectivity index (χ1) is 7.13. The lowest BCUT2D eigenvalue weighted by molar-refractivity contribution is 0.0328. The van der Waals surface area contributed by atoms with Crippen molar-refractivity contribution in [2.24, 2.45) is 5.73 Å². The molecule has 0 radical (unpaired) electrons. The van der Waals surface area contributed by atoms with E-state index in [-0.39, 0.29) is 24.8 Å². The number of halogens is 2. The van der Waals surface area contributed by atoms with E-state index in [9.17, 15) is 4.39 Å². The molecule has 3 nitrogen and oxygen atoms in total. The van der Waals surface area contributed by atoms with Gasteiger partial charge in [-0.25, -0.2) is 4.39 Å². The zero-order valence-corrected chi connectivity index (χ0v) is 8.88. The first kappa shape index (κ1) is 12.4. The molecular weight excluding hydrogens is 221 g/mol. The summed E-state index contributed by atoms with van der Waals surface area (Å²) in [7, 11) is 0. The third-order valence-corrected chi connectivity index (χ3v) is 2.14. The van der Waals surface area contributed by atoms with E-state index < -0.39 is 11.9 Å². The normalized spacial score (nSPS) is 12.8. The van der Waals surface area contributed by atoms with Gasteiger partial charge in [0.05, 0.1) is 24.3 Å². The van der Waals surface area contributed by atoms with Gasteiger partial charge in [0.25, 0.3) is 0 Å². The Hall–Kier alpha value is -0.680. The Morgan fingerprint density at radius 3 is 2.87 bits per heavy atom. The van der Waals surface area contributed by atoms with E-state index in [1.54, 1.807) is 6.07 Å². The Balaban J connectivity index is 2.41. The predicted octanol–water partition coefficient (Wildman–Crippen LogP) is 1.32. The van der Waals surface area contributed by atoms with Crippen LogP contribution in [0.15, 0.2) is 18.2 Å². The first-order valence-electron chi connectivity index (χ1n) is 4.53. The second kappa shape index (κ2) is 6.02. The van der Waals surface area contributed by atoms with Crippen LogP contribution in [0.3, 0.4) is 0 Å². The van der Waals surface area contributed by atoms with Crippen molar-refractivity contribution in [3.63, 3.8) is 0 Å². The molecule has 0 aliphatic rings. The number of benzene rings is 1.